The third-order valence-electron chi connectivity index (χ3n) is 2.07. The molecule has 1 aromatic carbocycles. The van der Waals surface area contributed by atoms with Crippen LogP contribution in [0.2, 0.25) is 0 Å². The number of hydrogen-bond donors (Lipinski definition) is 3. The number of hydrogen-bond acceptors (Lipinski definition) is 4. The Morgan fingerprint density at radius 3 is 2.47 bits per heavy atom. The molecule has 4 N–H and O–H groups in total. The molecule has 96 valence electrons. The van der Waals surface area contributed by atoms with Crippen LogP contribution >= 0.6 is 0 Å². The molecule has 0 heterocycles. The molecule has 4 nitrogen and oxygen atoms in total. The van der Waals surface area contributed by atoms with Crippen molar-refractivity contribution in [1.29, 1.82) is 0 Å². The minimum atomic E-state index is -0.709. The molecule has 0 saturated heterocycles. The molecule has 0 radical (unpaired) electrons. The van der Waals surface area contributed by atoms with E-state index in [-0.39, 0.29) is 24.6 Å². The summed E-state index contributed by atoms with van der Waals surface area (Å²) in [6, 6.07) is 2.13. The van der Waals surface area contributed by atoms with Crippen molar-refractivity contribution in [2.45, 2.75) is 6.42 Å². The van der Waals surface area contributed by atoms with E-state index in [4.69, 9.17) is 15.6 Å². The number of ether oxygens (including phenoxy) is 1. The number of aliphatic hydroxyl groups is 1. The molecule has 0 unspecified atom stereocenters. The van der Waals surface area contributed by atoms with Gasteiger partial charge in [-0.1, -0.05) is 0 Å². The Labute approximate surface area is 98.4 Å². The van der Waals surface area contributed by atoms with Gasteiger partial charge < -0.3 is 20.9 Å². The van der Waals surface area contributed by atoms with E-state index in [1.165, 1.54) is 0 Å². The molecule has 17 heavy (non-hydrogen) atoms. The van der Waals surface area contributed by atoms with Gasteiger partial charge in [0.2, 0.25) is 0 Å². The molecule has 0 amide bonds. The van der Waals surface area contributed by atoms with Crippen molar-refractivity contribution in [3.8, 4) is 0 Å². The molecule has 0 aliphatic rings. The van der Waals surface area contributed by atoms with E-state index < -0.39 is 11.6 Å². The summed E-state index contributed by atoms with van der Waals surface area (Å²) in [6.07, 6.45) is 0.587. The molecule has 0 atom stereocenters. The lowest BCUT2D eigenvalue weighted by Gasteiger charge is -2.09. The minimum absolute atomic E-state index is 0.0331. The number of nitrogens with one attached hydrogen (secondary N) is 1. The molecule has 6 heteroatoms. The van der Waals surface area contributed by atoms with Gasteiger partial charge in [-0.3, -0.25) is 0 Å². The Hall–Kier alpha value is -1.40. The first kappa shape index (κ1) is 13.7. The fraction of sp³-hybridized carbons (Fsp3) is 0.455. The first-order chi connectivity index (χ1) is 8.15. The number of nitrogen functional groups attached to an aromatic ring is 1. The topological polar surface area (TPSA) is 67.5 Å². The summed E-state index contributed by atoms with van der Waals surface area (Å²) in [5, 5.41) is 11.1. The van der Waals surface area contributed by atoms with E-state index in [0.29, 0.717) is 19.6 Å². The van der Waals surface area contributed by atoms with Gasteiger partial charge in [-0.05, 0) is 18.6 Å². The summed E-state index contributed by atoms with van der Waals surface area (Å²) in [7, 11) is 0. The van der Waals surface area contributed by atoms with Crippen LogP contribution in [-0.4, -0.2) is 31.5 Å². The van der Waals surface area contributed by atoms with Gasteiger partial charge in [-0.15, -0.1) is 0 Å². The second-order valence-electron chi connectivity index (χ2n) is 3.48. The standard InChI is InChI=1S/C11H16F2N2O2/c12-9-6-8(14)7-10(13)11(9)15-2-1-4-17-5-3-16/h6-7,15-16H,1-5,14H2. The monoisotopic (exact) mass is 246 g/mol. The summed E-state index contributed by atoms with van der Waals surface area (Å²) in [5.41, 5.74) is 5.16. The van der Waals surface area contributed by atoms with Crippen LogP contribution in [-0.2, 0) is 4.74 Å². The maximum Gasteiger partial charge on any atom is 0.151 e. The average molecular weight is 246 g/mol. The molecule has 1 rings (SSSR count). The third kappa shape index (κ3) is 4.54. The van der Waals surface area contributed by atoms with Crippen molar-refractivity contribution in [2.75, 3.05) is 37.4 Å². The van der Waals surface area contributed by atoms with Crippen LogP contribution in [0.5, 0.6) is 0 Å². The van der Waals surface area contributed by atoms with Crippen molar-refractivity contribution >= 4 is 11.4 Å². The lowest BCUT2D eigenvalue weighted by atomic mass is 10.2. The predicted molar refractivity (Wildman–Crippen MR) is 61.8 cm³/mol. The van der Waals surface area contributed by atoms with Gasteiger partial charge in [-0.2, -0.15) is 0 Å². The predicted octanol–water partition coefficient (Wildman–Crippen LogP) is 1.36. The second kappa shape index (κ2) is 7.03. The Bertz CT molecular complexity index is 338. The minimum Gasteiger partial charge on any atom is -0.399 e. The van der Waals surface area contributed by atoms with Crippen LogP contribution in [0.4, 0.5) is 20.2 Å². The van der Waals surface area contributed by atoms with E-state index in [1.807, 2.05) is 0 Å². The lowest BCUT2D eigenvalue weighted by molar-refractivity contribution is 0.0922. The fourth-order valence-electron chi connectivity index (χ4n) is 1.32. The van der Waals surface area contributed by atoms with Crippen molar-refractivity contribution in [3.05, 3.63) is 23.8 Å². The zero-order valence-corrected chi connectivity index (χ0v) is 9.38. The van der Waals surface area contributed by atoms with Crippen molar-refractivity contribution < 1.29 is 18.6 Å². The van der Waals surface area contributed by atoms with Gasteiger partial charge in [0.05, 0.1) is 13.2 Å². The normalized spacial score (nSPS) is 10.5. The van der Waals surface area contributed by atoms with E-state index in [2.05, 4.69) is 5.32 Å². The summed E-state index contributed by atoms with van der Waals surface area (Å²) >= 11 is 0. The smallest absolute Gasteiger partial charge is 0.151 e. The summed E-state index contributed by atoms with van der Waals surface area (Å²) in [6.45, 7) is 1.04. The zero-order valence-electron chi connectivity index (χ0n) is 9.38. The molecule has 0 aliphatic heterocycles. The van der Waals surface area contributed by atoms with Crippen LogP contribution in [0.1, 0.15) is 6.42 Å². The first-order valence-electron chi connectivity index (χ1n) is 5.32. The number of aliphatic hydroxyl groups excluding tert-OH is 1. The Morgan fingerprint density at radius 1 is 1.24 bits per heavy atom. The first-order valence-corrected chi connectivity index (χ1v) is 5.32. The third-order valence-corrected chi connectivity index (χ3v) is 2.07. The van der Waals surface area contributed by atoms with Crippen LogP contribution in [0.15, 0.2) is 12.1 Å². The van der Waals surface area contributed by atoms with Gasteiger partial charge in [0.25, 0.3) is 0 Å². The van der Waals surface area contributed by atoms with Gasteiger partial charge in [0.1, 0.15) is 5.69 Å². The van der Waals surface area contributed by atoms with E-state index in [9.17, 15) is 8.78 Å². The molecule has 1 aromatic rings. The molecule has 0 spiro atoms. The van der Waals surface area contributed by atoms with E-state index in [0.717, 1.165) is 12.1 Å². The van der Waals surface area contributed by atoms with E-state index in [1.54, 1.807) is 0 Å². The molecule has 0 aromatic heterocycles. The fourth-order valence-corrected chi connectivity index (χ4v) is 1.32. The molecule has 0 fully saturated rings. The summed E-state index contributed by atoms with van der Waals surface area (Å²) in [4.78, 5) is 0. The van der Waals surface area contributed by atoms with Crippen LogP contribution in [0, 0.1) is 11.6 Å². The van der Waals surface area contributed by atoms with Crippen molar-refractivity contribution in [3.63, 3.8) is 0 Å². The molecule has 0 bridgehead atoms. The van der Waals surface area contributed by atoms with Gasteiger partial charge in [-0.25, -0.2) is 8.78 Å². The van der Waals surface area contributed by atoms with Crippen LogP contribution in [0.3, 0.4) is 0 Å². The lowest BCUT2D eigenvalue weighted by Crippen LogP contribution is -2.10. The maximum absolute atomic E-state index is 13.3. The average Bonchev–Trinajstić information content (AvgIpc) is 2.26. The highest BCUT2D eigenvalue weighted by molar-refractivity contribution is 5.53. The van der Waals surface area contributed by atoms with Crippen molar-refractivity contribution in [2.24, 2.45) is 0 Å². The zero-order chi connectivity index (χ0) is 12.7. The summed E-state index contributed by atoms with van der Waals surface area (Å²) < 4.78 is 31.6. The highest BCUT2D eigenvalue weighted by Crippen LogP contribution is 2.21. The molecular formula is C11H16F2N2O2. The molecular weight excluding hydrogens is 230 g/mol. The van der Waals surface area contributed by atoms with Crippen molar-refractivity contribution in [1.82, 2.24) is 0 Å². The van der Waals surface area contributed by atoms with Crippen LogP contribution < -0.4 is 11.1 Å². The number of nitrogens with two attached hydrogens (primary N) is 1. The van der Waals surface area contributed by atoms with Gasteiger partial charge in [0, 0.05) is 18.8 Å². The maximum atomic E-state index is 13.3. The summed E-state index contributed by atoms with van der Waals surface area (Å²) in [5.74, 6) is -1.42. The number of halogens is 2. The van der Waals surface area contributed by atoms with Gasteiger partial charge >= 0.3 is 0 Å². The van der Waals surface area contributed by atoms with Gasteiger partial charge in [0.15, 0.2) is 11.6 Å². The van der Waals surface area contributed by atoms with Crippen LogP contribution in [0.25, 0.3) is 0 Å². The number of anilines is 2. The SMILES string of the molecule is Nc1cc(F)c(NCCCOCCO)c(F)c1. The quantitative estimate of drug-likeness (QED) is 0.502. The Kier molecular flexibility index (Phi) is 5.65. The highest BCUT2D eigenvalue weighted by Gasteiger charge is 2.09. The number of rotatable bonds is 7. The Morgan fingerprint density at radius 2 is 1.88 bits per heavy atom. The van der Waals surface area contributed by atoms with E-state index >= 15 is 0 Å². The number of benzene rings is 1. The molecule has 0 aliphatic carbocycles. The highest BCUT2D eigenvalue weighted by atomic mass is 19.1. The second-order valence-corrected chi connectivity index (χ2v) is 3.48. The largest absolute Gasteiger partial charge is 0.399 e. The molecule has 0 saturated carbocycles. The Balaban J connectivity index is 2.36.